The molecule has 1 fully saturated rings. The molecule has 0 bridgehead atoms. The van der Waals surface area contributed by atoms with E-state index < -0.39 is 0 Å². The molecule has 3 aromatic rings. The molecule has 7 nitrogen and oxygen atoms in total. The quantitative estimate of drug-likeness (QED) is 0.763. The van der Waals surface area contributed by atoms with Crippen LogP contribution >= 0.6 is 0 Å². The number of anilines is 2. The Morgan fingerprint density at radius 3 is 2.67 bits per heavy atom. The summed E-state index contributed by atoms with van der Waals surface area (Å²) in [6, 6.07) is 0.322. The summed E-state index contributed by atoms with van der Waals surface area (Å²) in [6.45, 7) is 8.37. The van der Waals surface area contributed by atoms with Gasteiger partial charge in [0.1, 0.15) is 16.9 Å². The van der Waals surface area contributed by atoms with Gasteiger partial charge in [0.25, 0.3) is 0 Å². The van der Waals surface area contributed by atoms with Crippen molar-refractivity contribution in [3.05, 3.63) is 23.4 Å². The highest BCUT2D eigenvalue weighted by Crippen LogP contribution is 2.36. The average molecular weight is 325 g/mol. The molecule has 0 aliphatic heterocycles. The molecule has 0 atom stereocenters. The Bertz CT molecular complexity index is 886. The number of fused-ring (bicyclic) bond motifs is 1. The van der Waals surface area contributed by atoms with Crippen LogP contribution < -0.4 is 5.32 Å². The standard InChI is InChI=1S/C17H23N7/c1-9(2)24-11(4)14(10(3)23-24)20-17-15-13(8-18-22-15)19-16(21-17)12-6-5-7-12/h8-9,12H,5-7H2,1-4H3,(H,18,22)(H,19,20,21). The normalized spacial score (nSPS) is 15.2. The number of aromatic amines is 1. The minimum absolute atomic E-state index is 0.322. The van der Waals surface area contributed by atoms with Gasteiger partial charge >= 0.3 is 0 Å². The second-order valence-corrected chi connectivity index (χ2v) is 6.90. The molecule has 2 N–H and O–H groups in total. The summed E-state index contributed by atoms with van der Waals surface area (Å²) in [5, 5.41) is 15.3. The summed E-state index contributed by atoms with van der Waals surface area (Å²) in [5.41, 5.74) is 4.80. The predicted molar refractivity (Wildman–Crippen MR) is 93.6 cm³/mol. The maximum absolute atomic E-state index is 4.80. The molecule has 0 spiro atoms. The van der Waals surface area contributed by atoms with Gasteiger partial charge in [-0.05, 0) is 40.5 Å². The van der Waals surface area contributed by atoms with Crippen LogP contribution in [0.15, 0.2) is 6.20 Å². The Labute approximate surface area is 140 Å². The lowest BCUT2D eigenvalue weighted by Crippen LogP contribution is -2.13. The van der Waals surface area contributed by atoms with Crippen LogP contribution in [0.1, 0.15) is 62.3 Å². The summed E-state index contributed by atoms with van der Waals surface area (Å²) in [6.07, 6.45) is 5.37. The third-order valence-electron chi connectivity index (χ3n) is 4.85. The molecule has 3 aromatic heterocycles. The van der Waals surface area contributed by atoms with Crippen LogP contribution in [0.3, 0.4) is 0 Å². The first-order valence-corrected chi connectivity index (χ1v) is 8.58. The molecular weight excluding hydrogens is 302 g/mol. The van der Waals surface area contributed by atoms with Crippen LogP contribution in [0.4, 0.5) is 11.5 Å². The molecule has 7 heteroatoms. The fraction of sp³-hybridized carbons (Fsp3) is 0.529. The van der Waals surface area contributed by atoms with E-state index in [0.717, 1.165) is 39.8 Å². The van der Waals surface area contributed by atoms with Crippen LogP contribution in [-0.2, 0) is 0 Å². The van der Waals surface area contributed by atoms with Gasteiger partial charge in [-0.1, -0.05) is 6.42 Å². The zero-order chi connectivity index (χ0) is 16.8. The second-order valence-electron chi connectivity index (χ2n) is 6.90. The highest BCUT2D eigenvalue weighted by Gasteiger charge is 2.24. The molecule has 1 saturated carbocycles. The number of aromatic nitrogens is 6. The van der Waals surface area contributed by atoms with Crippen LogP contribution in [0.5, 0.6) is 0 Å². The number of aryl methyl sites for hydroxylation is 1. The van der Waals surface area contributed by atoms with Crippen molar-refractivity contribution < 1.29 is 0 Å². The van der Waals surface area contributed by atoms with Crippen molar-refractivity contribution in [1.29, 1.82) is 0 Å². The van der Waals surface area contributed by atoms with Crippen molar-refractivity contribution in [2.75, 3.05) is 5.32 Å². The lowest BCUT2D eigenvalue weighted by Gasteiger charge is -2.24. The van der Waals surface area contributed by atoms with Crippen molar-refractivity contribution in [1.82, 2.24) is 29.9 Å². The average Bonchev–Trinajstić information content (AvgIpc) is 3.05. The Kier molecular flexibility index (Phi) is 3.51. The van der Waals surface area contributed by atoms with Crippen LogP contribution in [0, 0.1) is 13.8 Å². The molecule has 0 unspecified atom stereocenters. The third kappa shape index (κ3) is 2.35. The number of nitrogens with zero attached hydrogens (tertiary/aromatic N) is 5. The molecule has 1 aliphatic carbocycles. The van der Waals surface area contributed by atoms with Crippen LogP contribution in [0.25, 0.3) is 11.0 Å². The zero-order valence-corrected chi connectivity index (χ0v) is 14.6. The van der Waals surface area contributed by atoms with Gasteiger partial charge in [0.2, 0.25) is 0 Å². The van der Waals surface area contributed by atoms with Crippen molar-refractivity contribution in [3.63, 3.8) is 0 Å². The molecule has 24 heavy (non-hydrogen) atoms. The zero-order valence-electron chi connectivity index (χ0n) is 14.6. The van der Waals surface area contributed by atoms with Gasteiger partial charge in [-0.3, -0.25) is 9.78 Å². The maximum atomic E-state index is 4.80. The first-order valence-electron chi connectivity index (χ1n) is 8.58. The highest BCUT2D eigenvalue weighted by molar-refractivity contribution is 5.87. The van der Waals surface area contributed by atoms with Gasteiger partial charge in [-0.15, -0.1) is 0 Å². The summed E-state index contributed by atoms with van der Waals surface area (Å²) in [4.78, 5) is 9.47. The first-order chi connectivity index (χ1) is 11.5. The largest absolute Gasteiger partial charge is 0.335 e. The van der Waals surface area contributed by atoms with E-state index in [4.69, 9.17) is 4.98 Å². The maximum Gasteiger partial charge on any atom is 0.160 e. The minimum Gasteiger partial charge on any atom is -0.335 e. The van der Waals surface area contributed by atoms with Crippen molar-refractivity contribution in [2.24, 2.45) is 0 Å². The van der Waals surface area contributed by atoms with Gasteiger partial charge in [0.15, 0.2) is 5.82 Å². The fourth-order valence-electron chi connectivity index (χ4n) is 3.26. The van der Waals surface area contributed by atoms with Crippen LogP contribution in [-0.4, -0.2) is 29.9 Å². The Morgan fingerprint density at radius 1 is 1.25 bits per heavy atom. The molecule has 3 heterocycles. The Balaban J connectivity index is 1.78. The molecular formula is C17H23N7. The number of H-pyrrole nitrogens is 1. The number of hydrogen-bond acceptors (Lipinski definition) is 5. The second kappa shape index (κ2) is 5.58. The molecule has 1 aliphatic rings. The Hall–Kier alpha value is -2.44. The van der Waals surface area contributed by atoms with E-state index in [2.05, 4.69) is 46.4 Å². The third-order valence-corrected chi connectivity index (χ3v) is 4.85. The van der Waals surface area contributed by atoms with E-state index >= 15 is 0 Å². The van der Waals surface area contributed by atoms with E-state index in [0.29, 0.717) is 12.0 Å². The highest BCUT2D eigenvalue weighted by atomic mass is 15.3. The predicted octanol–water partition coefficient (Wildman–Crippen LogP) is 3.76. The first kappa shape index (κ1) is 15.1. The van der Waals surface area contributed by atoms with E-state index in [1.165, 1.54) is 19.3 Å². The van der Waals surface area contributed by atoms with Crippen molar-refractivity contribution in [3.8, 4) is 0 Å². The lowest BCUT2D eigenvalue weighted by molar-refractivity contribution is 0.403. The van der Waals surface area contributed by atoms with Gasteiger partial charge in [-0.2, -0.15) is 10.2 Å². The Morgan fingerprint density at radius 2 is 2.04 bits per heavy atom. The molecule has 0 amide bonds. The van der Waals surface area contributed by atoms with Gasteiger partial charge in [0.05, 0.1) is 23.3 Å². The topological polar surface area (TPSA) is 84.3 Å². The van der Waals surface area contributed by atoms with Crippen molar-refractivity contribution >= 4 is 22.5 Å². The van der Waals surface area contributed by atoms with Crippen LogP contribution in [0.2, 0.25) is 0 Å². The molecule has 0 aromatic carbocycles. The monoisotopic (exact) mass is 325 g/mol. The molecule has 0 saturated heterocycles. The summed E-state index contributed by atoms with van der Waals surface area (Å²) >= 11 is 0. The van der Waals surface area contributed by atoms with Gasteiger partial charge in [-0.25, -0.2) is 9.97 Å². The van der Waals surface area contributed by atoms with Crippen molar-refractivity contribution in [2.45, 2.75) is 58.9 Å². The fourth-order valence-corrected chi connectivity index (χ4v) is 3.26. The van der Waals surface area contributed by atoms with E-state index in [1.54, 1.807) is 6.20 Å². The molecule has 126 valence electrons. The molecule has 4 rings (SSSR count). The number of nitrogens with one attached hydrogen (secondary N) is 2. The summed E-state index contributed by atoms with van der Waals surface area (Å²) < 4.78 is 2.04. The van der Waals surface area contributed by atoms with Gasteiger partial charge in [0, 0.05) is 12.0 Å². The lowest BCUT2D eigenvalue weighted by atomic mass is 9.85. The number of rotatable bonds is 4. The van der Waals surface area contributed by atoms with E-state index in [9.17, 15) is 0 Å². The summed E-state index contributed by atoms with van der Waals surface area (Å²) in [5.74, 6) is 2.18. The number of hydrogen-bond donors (Lipinski definition) is 2. The summed E-state index contributed by atoms with van der Waals surface area (Å²) in [7, 11) is 0. The smallest absolute Gasteiger partial charge is 0.160 e. The van der Waals surface area contributed by atoms with E-state index in [-0.39, 0.29) is 0 Å². The van der Waals surface area contributed by atoms with E-state index in [1.807, 2.05) is 11.6 Å². The minimum atomic E-state index is 0.322. The SMILES string of the molecule is Cc1nn(C(C)C)c(C)c1Nc1nc(C2CCC2)nc2cn[nH]c12. The van der Waals surface area contributed by atoms with Gasteiger partial charge < -0.3 is 5.32 Å². The molecule has 0 radical (unpaired) electrons.